The summed E-state index contributed by atoms with van der Waals surface area (Å²) in [5.41, 5.74) is 1.06. The van der Waals surface area contributed by atoms with Gasteiger partial charge in [-0.2, -0.15) is 0 Å². The second-order valence-electron chi connectivity index (χ2n) is 4.90. The molecule has 0 spiro atoms. The van der Waals surface area contributed by atoms with Crippen LogP contribution in [0.3, 0.4) is 0 Å². The number of ether oxygens (including phenoxy) is 1. The number of thiophene rings is 1. The van der Waals surface area contributed by atoms with Crippen LogP contribution in [-0.2, 0) is 0 Å². The molecule has 2 aromatic carbocycles. The Morgan fingerprint density at radius 3 is 2.71 bits per heavy atom. The smallest absolute Gasteiger partial charge is 0.135 e. The molecule has 0 aliphatic rings. The predicted octanol–water partition coefficient (Wildman–Crippen LogP) is 5.85. The van der Waals surface area contributed by atoms with E-state index in [4.69, 9.17) is 4.74 Å². The van der Waals surface area contributed by atoms with Crippen molar-refractivity contribution in [3.63, 3.8) is 0 Å². The van der Waals surface area contributed by atoms with Gasteiger partial charge in [0.25, 0.3) is 0 Å². The summed E-state index contributed by atoms with van der Waals surface area (Å²) in [4.78, 5) is 1.33. The van der Waals surface area contributed by atoms with E-state index in [2.05, 4.69) is 64.6 Å². The van der Waals surface area contributed by atoms with Gasteiger partial charge in [-0.1, -0.05) is 18.2 Å². The number of methoxy groups -OCH3 is 1. The number of halogens is 1. The van der Waals surface area contributed by atoms with Crippen molar-refractivity contribution in [1.29, 1.82) is 0 Å². The number of rotatable bonds is 4. The fourth-order valence-electron chi connectivity index (χ4n) is 2.29. The quantitative estimate of drug-likeness (QED) is 0.629. The van der Waals surface area contributed by atoms with Gasteiger partial charge in [0, 0.05) is 21.3 Å². The topological polar surface area (TPSA) is 21.3 Å². The number of fused-ring (bicyclic) bond motifs is 1. The molecule has 1 N–H and O–H groups in total. The molecule has 0 fully saturated rings. The Morgan fingerprint density at radius 2 is 1.95 bits per heavy atom. The molecular weight excluding hydrogens is 346 g/mol. The third-order valence-corrected chi connectivity index (χ3v) is 5.36. The summed E-state index contributed by atoms with van der Waals surface area (Å²) in [6.07, 6.45) is 0. The van der Waals surface area contributed by atoms with Crippen molar-refractivity contribution in [2.45, 2.75) is 13.0 Å². The molecule has 0 saturated heterocycles. The van der Waals surface area contributed by atoms with Crippen LogP contribution in [0.25, 0.3) is 10.1 Å². The minimum Gasteiger partial charge on any atom is -0.495 e. The number of benzene rings is 2. The molecule has 1 atom stereocenters. The highest BCUT2D eigenvalue weighted by molar-refractivity contribution is 9.10. The van der Waals surface area contributed by atoms with Gasteiger partial charge in [-0.05, 0) is 52.5 Å². The molecule has 2 nitrogen and oxygen atoms in total. The van der Waals surface area contributed by atoms with E-state index in [-0.39, 0.29) is 6.04 Å². The van der Waals surface area contributed by atoms with Crippen LogP contribution in [0.15, 0.2) is 53.0 Å². The molecule has 1 aromatic heterocycles. The van der Waals surface area contributed by atoms with E-state index < -0.39 is 0 Å². The third-order valence-electron chi connectivity index (χ3n) is 3.41. The zero-order valence-corrected chi connectivity index (χ0v) is 14.3. The first kappa shape index (κ1) is 14.4. The first-order valence-electron chi connectivity index (χ1n) is 6.76. The van der Waals surface area contributed by atoms with E-state index in [0.717, 1.165) is 15.9 Å². The summed E-state index contributed by atoms with van der Waals surface area (Å²) in [5, 5.41) is 4.84. The number of hydrogen-bond donors (Lipinski definition) is 1. The highest BCUT2D eigenvalue weighted by Crippen LogP contribution is 2.33. The van der Waals surface area contributed by atoms with Crippen LogP contribution in [0.5, 0.6) is 5.75 Å². The second-order valence-corrected chi connectivity index (χ2v) is 6.87. The lowest BCUT2D eigenvalue weighted by atomic mass is 10.2. The fraction of sp³-hybridized carbons (Fsp3) is 0.176. The maximum Gasteiger partial charge on any atom is 0.135 e. The Bertz CT molecular complexity index is 735. The summed E-state index contributed by atoms with van der Waals surface area (Å²) in [6, 6.07) is 17.1. The zero-order valence-electron chi connectivity index (χ0n) is 11.9. The van der Waals surface area contributed by atoms with Crippen LogP contribution in [-0.4, -0.2) is 7.11 Å². The van der Waals surface area contributed by atoms with Crippen LogP contribution >= 0.6 is 27.3 Å². The Hall–Kier alpha value is -1.52. The van der Waals surface area contributed by atoms with E-state index >= 15 is 0 Å². The predicted molar refractivity (Wildman–Crippen MR) is 94.6 cm³/mol. The summed E-state index contributed by atoms with van der Waals surface area (Å²) < 4.78 is 7.63. The average molecular weight is 362 g/mol. The van der Waals surface area contributed by atoms with E-state index in [1.807, 2.05) is 23.5 Å². The van der Waals surface area contributed by atoms with Crippen molar-refractivity contribution >= 4 is 43.0 Å². The maximum atomic E-state index is 5.34. The van der Waals surface area contributed by atoms with Crippen LogP contribution in [0.2, 0.25) is 0 Å². The Labute approximate surface area is 136 Å². The number of nitrogens with one attached hydrogen (secondary N) is 1. The normalized spacial score (nSPS) is 12.3. The maximum absolute atomic E-state index is 5.34. The summed E-state index contributed by atoms with van der Waals surface area (Å²) in [7, 11) is 1.68. The second kappa shape index (κ2) is 6.08. The molecule has 0 saturated carbocycles. The van der Waals surface area contributed by atoms with Gasteiger partial charge in [0.15, 0.2) is 0 Å². The summed E-state index contributed by atoms with van der Waals surface area (Å²) in [6.45, 7) is 2.18. The first-order chi connectivity index (χ1) is 10.2. The van der Waals surface area contributed by atoms with Crippen LogP contribution in [0.1, 0.15) is 17.8 Å². The van der Waals surface area contributed by atoms with Gasteiger partial charge in [-0.15, -0.1) is 11.3 Å². The van der Waals surface area contributed by atoms with Gasteiger partial charge in [0.05, 0.1) is 17.6 Å². The Balaban J connectivity index is 1.83. The number of hydrogen-bond acceptors (Lipinski definition) is 3. The van der Waals surface area contributed by atoms with Crippen molar-refractivity contribution in [2.75, 3.05) is 12.4 Å². The highest BCUT2D eigenvalue weighted by Gasteiger charge is 2.10. The molecule has 3 rings (SSSR count). The SMILES string of the molecule is COc1cc(NC(C)c2cc3ccccc3s2)ccc1Br. The van der Waals surface area contributed by atoms with Crippen molar-refractivity contribution in [3.8, 4) is 5.75 Å². The van der Waals surface area contributed by atoms with Crippen molar-refractivity contribution < 1.29 is 4.74 Å². The lowest BCUT2D eigenvalue weighted by molar-refractivity contribution is 0.412. The summed E-state index contributed by atoms with van der Waals surface area (Å²) >= 11 is 5.31. The van der Waals surface area contributed by atoms with Crippen LogP contribution in [0, 0.1) is 0 Å². The molecule has 4 heteroatoms. The third kappa shape index (κ3) is 3.06. The molecule has 0 amide bonds. The molecular formula is C17H16BrNOS. The van der Waals surface area contributed by atoms with Gasteiger partial charge in [0.1, 0.15) is 5.75 Å². The minimum absolute atomic E-state index is 0.258. The molecule has 0 aliphatic heterocycles. The van der Waals surface area contributed by atoms with E-state index in [9.17, 15) is 0 Å². The van der Waals surface area contributed by atoms with Gasteiger partial charge >= 0.3 is 0 Å². The highest BCUT2D eigenvalue weighted by atomic mass is 79.9. The van der Waals surface area contributed by atoms with E-state index in [1.165, 1.54) is 15.0 Å². The van der Waals surface area contributed by atoms with Crippen LogP contribution in [0.4, 0.5) is 5.69 Å². The van der Waals surface area contributed by atoms with Gasteiger partial charge in [-0.25, -0.2) is 0 Å². The monoisotopic (exact) mass is 361 g/mol. The first-order valence-corrected chi connectivity index (χ1v) is 8.37. The molecule has 21 heavy (non-hydrogen) atoms. The lowest BCUT2D eigenvalue weighted by Crippen LogP contribution is -2.04. The largest absolute Gasteiger partial charge is 0.495 e. The van der Waals surface area contributed by atoms with Crippen molar-refractivity contribution in [2.24, 2.45) is 0 Å². The lowest BCUT2D eigenvalue weighted by Gasteiger charge is -2.15. The van der Waals surface area contributed by atoms with Gasteiger partial charge in [-0.3, -0.25) is 0 Å². The van der Waals surface area contributed by atoms with Crippen LogP contribution < -0.4 is 10.1 Å². The summed E-state index contributed by atoms with van der Waals surface area (Å²) in [5.74, 6) is 0.837. The molecule has 0 radical (unpaired) electrons. The molecule has 3 aromatic rings. The van der Waals surface area contributed by atoms with Gasteiger partial charge < -0.3 is 10.1 Å². The fourth-order valence-corrected chi connectivity index (χ4v) is 3.76. The van der Waals surface area contributed by atoms with Crippen molar-refractivity contribution in [1.82, 2.24) is 0 Å². The molecule has 1 unspecified atom stereocenters. The molecule has 1 heterocycles. The standard InChI is InChI=1S/C17H16BrNOS/c1-11(17-9-12-5-3-4-6-16(12)21-17)19-13-7-8-14(18)15(10-13)20-2/h3-11,19H,1-2H3. The average Bonchev–Trinajstić information content (AvgIpc) is 2.93. The minimum atomic E-state index is 0.258. The zero-order chi connectivity index (χ0) is 14.8. The molecule has 0 bridgehead atoms. The van der Waals surface area contributed by atoms with E-state index in [1.54, 1.807) is 7.11 Å². The molecule has 108 valence electrons. The Morgan fingerprint density at radius 1 is 1.14 bits per heavy atom. The van der Waals surface area contributed by atoms with Crippen molar-refractivity contribution in [3.05, 3.63) is 57.9 Å². The van der Waals surface area contributed by atoms with Gasteiger partial charge in [0.2, 0.25) is 0 Å². The number of anilines is 1. The van der Waals surface area contributed by atoms with E-state index in [0.29, 0.717) is 0 Å². The molecule has 0 aliphatic carbocycles. The Kier molecular flexibility index (Phi) is 4.17.